The van der Waals surface area contributed by atoms with Gasteiger partial charge in [-0.1, -0.05) is 12.5 Å². The van der Waals surface area contributed by atoms with E-state index >= 15 is 0 Å². The van der Waals surface area contributed by atoms with Crippen LogP contribution >= 0.6 is 0 Å². The third kappa shape index (κ3) is 3.17. The Kier molecular flexibility index (Phi) is 3.74. The molecule has 14 heavy (non-hydrogen) atoms. The smallest absolute Gasteiger partial charge is 0.143 e. The van der Waals surface area contributed by atoms with Crippen molar-refractivity contribution in [3.05, 3.63) is 12.2 Å². The van der Waals surface area contributed by atoms with Crippen LogP contribution in [0.25, 0.3) is 0 Å². The predicted molar refractivity (Wildman–Crippen MR) is 58.0 cm³/mol. The Bertz CT molecular complexity index is 264. The van der Waals surface area contributed by atoms with E-state index in [4.69, 9.17) is 0 Å². The molecule has 1 aliphatic rings. The molecule has 0 saturated carbocycles. The number of hydrogen-bond donors (Lipinski definition) is 2. The van der Waals surface area contributed by atoms with Gasteiger partial charge in [0.05, 0.1) is 13.1 Å². The van der Waals surface area contributed by atoms with Crippen LogP contribution in [0.3, 0.4) is 0 Å². The summed E-state index contributed by atoms with van der Waals surface area (Å²) in [4.78, 5) is 1.54. The summed E-state index contributed by atoms with van der Waals surface area (Å²) in [5, 5.41) is 9.78. The zero-order valence-corrected chi connectivity index (χ0v) is 9.19. The van der Waals surface area contributed by atoms with Crippen LogP contribution in [-0.2, 0) is 0 Å². The number of quaternary nitrogens is 1. The highest BCUT2D eigenvalue weighted by Gasteiger charge is 2.18. The van der Waals surface area contributed by atoms with E-state index in [2.05, 4.69) is 18.4 Å². The van der Waals surface area contributed by atoms with E-state index in [1.54, 1.807) is 13.8 Å². The summed E-state index contributed by atoms with van der Waals surface area (Å²) in [6.07, 6.45) is 2.63. The summed E-state index contributed by atoms with van der Waals surface area (Å²) in [6.45, 7) is 10.5. The molecule has 0 unspecified atom stereocenters. The maximum Gasteiger partial charge on any atom is 0.143 e. The highest BCUT2D eigenvalue weighted by atomic mass is 16.3. The summed E-state index contributed by atoms with van der Waals surface area (Å²) in [5.41, 5.74) is -0.305. The number of aliphatic hydroxyl groups is 1. The molecule has 0 aliphatic carbocycles. The highest BCUT2D eigenvalue weighted by molar-refractivity contribution is 5.25. The van der Waals surface area contributed by atoms with Crippen LogP contribution in [0.4, 0.5) is 0 Å². The molecule has 0 aromatic rings. The molecule has 1 atom stereocenters. The second kappa shape index (κ2) is 4.63. The van der Waals surface area contributed by atoms with Crippen molar-refractivity contribution in [2.24, 2.45) is 0 Å². The van der Waals surface area contributed by atoms with Crippen molar-refractivity contribution in [2.75, 3.05) is 19.6 Å². The zero-order chi connectivity index (χ0) is 10.6. The monoisotopic (exact) mass is 194 g/mol. The molecule has 0 aromatic heterocycles. The lowest BCUT2D eigenvalue weighted by Gasteiger charge is -2.15. The van der Waals surface area contributed by atoms with Crippen molar-refractivity contribution in [3.63, 3.8) is 0 Å². The molecule has 1 saturated heterocycles. The molecule has 0 aromatic carbocycles. The van der Waals surface area contributed by atoms with Gasteiger partial charge < -0.3 is 10.0 Å². The minimum atomic E-state index is -1.01. The van der Waals surface area contributed by atoms with E-state index in [0.717, 1.165) is 6.54 Å². The van der Waals surface area contributed by atoms with Gasteiger partial charge in [-0.15, -0.1) is 0 Å². The van der Waals surface area contributed by atoms with E-state index in [0.29, 0.717) is 5.57 Å². The SMILES string of the molecule is C=C(C)[C@@](C)(O)C#CC[NH+]1CCCC1. The summed E-state index contributed by atoms with van der Waals surface area (Å²) in [7, 11) is 0. The van der Waals surface area contributed by atoms with E-state index < -0.39 is 5.60 Å². The maximum absolute atomic E-state index is 9.78. The van der Waals surface area contributed by atoms with Crippen molar-refractivity contribution >= 4 is 0 Å². The zero-order valence-electron chi connectivity index (χ0n) is 9.19. The first-order chi connectivity index (χ1) is 6.52. The fourth-order valence-corrected chi connectivity index (χ4v) is 1.50. The van der Waals surface area contributed by atoms with Crippen LogP contribution in [-0.4, -0.2) is 30.3 Å². The van der Waals surface area contributed by atoms with Crippen LogP contribution in [0, 0.1) is 11.8 Å². The third-order valence-corrected chi connectivity index (χ3v) is 2.81. The van der Waals surface area contributed by atoms with Gasteiger partial charge in [0.25, 0.3) is 0 Å². The van der Waals surface area contributed by atoms with Gasteiger partial charge in [-0.2, -0.15) is 0 Å². The van der Waals surface area contributed by atoms with Gasteiger partial charge in [0.15, 0.2) is 0 Å². The van der Waals surface area contributed by atoms with Gasteiger partial charge in [-0.25, -0.2) is 0 Å². The van der Waals surface area contributed by atoms with Gasteiger partial charge in [-0.05, 0) is 25.3 Å². The number of rotatable bonds is 2. The molecule has 1 heterocycles. The normalized spacial score (nSPS) is 21.1. The fourth-order valence-electron chi connectivity index (χ4n) is 1.50. The average Bonchev–Trinajstić information content (AvgIpc) is 2.56. The highest BCUT2D eigenvalue weighted by Crippen LogP contribution is 2.11. The molecule has 78 valence electrons. The number of hydrogen-bond acceptors (Lipinski definition) is 1. The summed E-state index contributed by atoms with van der Waals surface area (Å²) in [5.74, 6) is 5.92. The molecule has 2 N–H and O–H groups in total. The van der Waals surface area contributed by atoms with Gasteiger partial charge in [-0.3, -0.25) is 0 Å². The standard InChI is InChI=1S/C12H19NO/c1-11(2)12(3,14)7-6-10-13-8-4-5-9-13/h14H,1,4-5,8-10H2,2-3H3/p+1/t12-/m0/s1. The van der Waals surface area contributed by atoms with Crippen molar-refractivity contribution in [1.82, 2.24) is 0 Å². The molecule has 2 nitrogen and oxygen atoms in total. The summed E-state index contributed by atoms with van der Waals surface area (Å²) in [6, 6.07) is 0. The second-order valence-electron chi connectivity index (χ2n) is 4.29. The molecule has 0 bridgehead atoms. The average molecular weight is 194 g/mol. The molecule has 0 amide bonds. The Morgan fingerprint density at radius 3 is 2.57 bits per heavy atom. The lowest BCUT2D eigenvalue weighted by molar-refractivity contribution is -0.879. The van der Waals surface area contributed by atoms with Crippen molar-refractivity contribution in [1.29, 1.82) is 0 Å². The second-order valence-corrected chi connectivity index (χ2v) is 4.29. The predicted octanol–water partition coefficient (Wildman–Crippen LogP) is -0.00440. The van der Waals surface area contributed by atoms with Crippen LogP contribution < -0.4 is 4.90 Å². The van der Waals surface area contributed by atoms with E-state index in [9.17, 15) is 5.11 Å². The quantitative estimate of drug-likeness (QED) is 0.469. The third-order valence-electron chi connectivity index (χ3n) is 2.81. The van der Waals surface area contributed by atoms with E-state index in [1.165, 1.54) is 30.8 Å². The summed E-state index contributed by atoms with van der Waals surface area (Å²) >= 11 is 0. The molecule has 0 radical (unpaired) electrons. The molecule has 0 spiro atoms. The van der Waals surface area contributed by atoms with Gasteiger partial charge in [0.1, 0.15) is 12.1 Å². The lowest BCUT2D eigenvalue weighted by atomic mass is 10.00. The first-order valence-corrected chi connectivity index (χ1v) is 5.24. The minimum absolute atomic E-state index is 0.710. The van der Waals surface area contributed by atoms with Crippen LogP contribution in [0.5, 0.6) is 0 Å². The number of likely N-dealkylation sites (tertiary alicyclic amines) is 1. The molecule has 1 aliphatic heterocycles. The Balaban J connectivity index is 2.42. The fraction of sp³-hybridized carbons (Fsp3) is 0.667. The first-order valence-electron chi connectivity index (χ1n) is 5.24. The Morgan fingerprint density at radius 1 is 1.50 bits per heavy atom. The number of nitrogens with one attached hydrogen (secondary N) is 1. The van der Waals surface area contributed by atoms with Gasteiger partial charge in [0, 0.05) is 12.8 Å². The molecule has 1 fully saturated rings. The molecular formula is C12H20NO+. The van der Waals surface area contributed by atoms with Crippen molar-refractivity contribution in [3.8, 4) is 11.8 Å². The van der Waals surface area contributed by atoms with Gasteiger partial charge >= 0.3 is 0 Å². The first kappa shape index (κ1) is 11.3. The van der Waals surface area contributed by atoms with Crippen molar-refractivity contribution in [2.45, 2.75) is 32.3 Å². The largest absolute Gasteiger partial charge is 0.374 e. The maximum atomic E-state index is 9.78. The van der Waals surface area contributed by atoms with Gasteiger partial charge in [0.2, 0.25) is 0 Å². The van der Waals surface area contributed by atoms with Crippen molar-refractivity contribution < 1.29 is 10.0 Å². The molecule has 1 rings (SSSR count). The Morgan fingerprint density at radius 2 is 2.07 bits per heavy atom. The van der Waals surface area contributed by atoms with E-state index in [1.807, 2.05) is 0 Å². The Labute approximate surface area is 86.6 Å². The van der Waals surface area contributed by atoms with Crippen LogP contribution in [0.2, 0.25) is 0 Å². The van der Waals surface area contributed by atoms with Crippen LogP contribution in [0.15, 0.2) is 12.2 Å². The van der Waals surface area contributed by atoms with E-state index in [-0.39, 0.29) is 0 Å². The summed E-state index contributed by atoms with van der Waals surface area (Å²) < 4.78 is 0. The lowest BCUT2D eigenvalue weighted by Crippen LogP contribution is -3.09. The van der Waals surface area contributed by atoms with Crippen LogP contribution in [0.1, 0.15) is 26.7 Å². The topological polar surface area (TPSA) is 24.7 Å². The minimum Gasteiger partial charge on any atom is -0.374 e. The molecular weight excluding hydrogens is 174 g/mol. The molecule has 2 heteroatoms. The Hall–Kier alpha value is -0.780.